The molecule has 22 heavy (non-hydrogen) atoms. The van der Waals surface area contributed by atoms with Crippen LogP contribution >= 0.6 is 49.7 Å². The van der Waals surface area contributed by atoms with E-state index in [-0.39, 0.29) is 0 Å². The standard InChI is InChI=1S/C16H32N2S4/c1-3-17(15(19)20)13-11-9-7-5-6-8-10-12-14-18(4-2)16(21)22/h3-14H2,1-2H3,(H,19,20)(H,21,22). The maximum Gasteiger partial charge on any atom is 0.133 e. The molecule has 2 nitrogen and oxygen atoms in total. The summed E-state index contributed by atoms with van der Waals surface area (Å²) in [4.78, 5) is 4.31. The molecule has 0 aliphatic heterocycles. The van der Waals surface area contributed by atoms with Gasteiger partial charge < -0.3 is 9.80 Å². The molecule has 0 N–H and O–H groups in total. The molecular formula is C16H32N2S4. The van der Waals surface area contributed by atoms with Gasteiger partial charge in [-0.15, -0.1) is 25.3 Å². The molecule has 0 rings (SSSR count). The van der Waals surface area contributed by atoms with Crippen molar-refractivity contribution < 1.29 is 0 Å². The second-order valence-electron chi connectivity index (χ2n) is 5.55. The lowest BCUT2D eigenvalue weighted by Crippen LogP contribution is -2.26. The van der Waals surface area contributed by atoms with Crippen LogP contribution in [0.2, 0.25) is 0 Å². The van der Waals surface area contributed by atoms with Gasteiger partial charge in [0.25, 0.3) is 0 Å². The van der Waals surface area contributed by atoms with Gasteiger partial charge in [-0.05, 0) is 26.7 Å². The smallest absolute Gasteiger partial charge is 0.133 e. The van der Waals surface area contributed by atoms with Crippen molar-refractivity contribution >= 4 is 58.3 Å². The SMILES string of the molecule is CCN(CCCCCCCCCCN(CC)C(=S)S)C(=S)S. The second-order valence-corrected chi connectivity index (χ2v) is 7.78. The molecule has 0 heterocycles. The molecule has 0 aliphatic carbocycles. The van der Waals surface area contributed by atoms with Gasteiger partial charge in [-0.25, -0.2) is 0 Å². The van der Waals surface area contributed by atoms with Crippen LogP contribution in [0, 0.1) is 0 Å². The maximum atomic E-state index is 5.09. The zero-order valence-corrected chi connectivity index (χ0v) is 17.5. The summed E-state index contributed by atoms with van der Waals surface area (Å²) in [6.45, 7) is 8.29. The minimum absolute atomic E-state index is 0.726. The first kappa shape index (κ1) is 22.5. The Labute approximate surface area is 159 Å². The predicted molar refractivity (Wildman–Crippen MR) is 115 cm³/mol. The van der Waals surface area contributed by atoms with Crippen molar-refractivity contribution in [3.8, 4) is 0 Å². The van der Waals surface area contributed by atoms with E-state index < -0.39 is 0 Å². The highest BCUT2D eigenvalue weighted by atomic mass is 32.1. The molecular weight excluding hydrogens is 348 g/mol. The van der Waals surface area contributed by atoms with Crippen LogP contribution in [-0.2, 0) is 0 Å². The summed E-state index contributed by atoms with van der Waals surface area (Å²) in [6.07, 6.45) is 10.4. The molecule has 0 atom stereocenters. The van der Waals surface area contributed by atoms with Crippen LogP contribution in [0.4, 0.5) is 0 Å². The van der Waals surface area contributed by atoms with Crippen LogP contribution < -0.4 is 0 Å². The van der Waals surface area contributed by atoms with E-state index in [1.54, 1.807) is 0 Å². The van der Waals surface area contributed by atoms with Gasteiger partial charge in [0, 0.05) is 26.2 Å². The van der Waals surface area contributed by atoms with E-state index in [1.165, 1.54) is 51.4 Å². The summed E-state index contributed by atoms with van der Waals surface area (Å²) in [5, 5.41) is 0. The average molecular weight is 381 g/mol. The molecule has 6 heteroatoms. The molecule has 0 unspecified atom stereocenters. The molecule has 0 aromatic rings. The molecule has 0 radical (unpaired) electrons. The Morgan fingerprint density at radius 2 is 0.909 bits per heavy atom. The molecule has 0 aromatic carbocycles. The first-order valence-electron chi connectivity index (χ1n) is 8.48. The number of nitrogens with zero attached hydrogens (tertiary/aromatic N) is 2. The molecule has 0 aliphatic rings. The highest BCUT2D eigenvalue weighted by Crippen LogP contribution is 2.10. The van der Waals surface area contributed by atoms with Crippen molar-refractivity contribution in [2.75, 3.05) is 26.2 Å². The fourth-order valence-electron chi connectivity index (χ4n) is 2.44. The Kier molecular flexibility index (Phi) is 15.4. The third kappa shape index (κ3) is 12.0. The van der Waals surface area contributed by atoms with E-state index in [0.29, 0.717) is 0 Å². The van der Waals surface area contributed by atoms with E-state index in [4.69, 9.17) is 24.4 Å². The summed E-state index contributed by atoms with van der Waals surface area (Å²) in [7, 11) is 0. The molecule has 0 aromatic heterocycles. The van der Waals surface area contributed by atoms with Crippen LogP contribution in [0.5, 0.6) is 0 Å². The Balaban J connectivity index is 3.37. The lowest BCUT2D eigenvalue weighted by atomic mass is 10.1. The van der Waals surface area contributed by atoms with Crippen LogP contribution in [0.3, 0.4) is 0 Å². The topological polar surface area (TPSA) is 6.48 Å². The molecule has 0 amide bonds. The molecule has 0 fully saturated rings. The van der Waals surface area contributed by atoms with Gasteiger partial charge in [-0.3, -0.25) is 0 Å². The van der Waals surface area contributed by atoms with Gasteiger partial charge in [0.2, 0.25) is 0 Å². The van der Waals surface area contributed by atoms with Crippen molar-refractivity contribution in [3.63, 3.8) is 0 Å². The average Bonchev–Trinajstić information content (AvgIpc) is 2.47. The van der Waals surface area contributed by atoms with E-state index in [9.17, 15) is 0 Å². The van der Waals surface area contributed by atoms with E-state index in [0.717, 1.165) is 34.8 Å². The van der Waals surface area contributed by atoms with Gasteiger partial charge in [0.05, 0.1) is 0 Å². The maximum absolute atomic E-state index is 5.09. The fourth-order valence-corrected chi connectivity index (χ4v) is 3.37. The zero-order chi connectivity index (χ0) is 16.8. The zero-order valence-electron chi connectivity index (χ0n) is 14.1. The van der Waals surface area contributed by atoms with Crippen LogP contribution in [0.25, 0.3) is 0 Å². The Hall–Kier alpha value is 0.480. The molecule has 0 saturated carbocycles. The lowest BCUT2D eigenvalue weighted by Gasteiger charge is -2.20. The molecule has 0 spiro atoms. The summed E-state index contributed by atoms with van der Waals surface area (Å²) in [5.74, 6) is 0. The normalized spacial score (nSPS) is 10.5. The summed E-state index contributed by atoms with van der Waals surface area (Å²) < 4.78 is 1.45. The summed E-state index contributed by atoms with van der Waals surface area (Å²) in [6, 6.07) is 0. The second kappa shape index (κ2) is 15.0. The molecule has 0 saturated heterocycles. The highest BCUT2D eigenvalue weighted by molar-refractivity contribution is 8.11. The van der Waals surface area contributed by atoms with E-state index >= 15 is 0 Å². The fraction of sp³-hybridized carbons (Fsp3) is 0.875. The Morgan fingerprint density at radius 1 is 0.636 bits per heavy atom. The first-order chi connectivity index (χ1) is 10.5. The third-order valence-corrected chi connectivity index (χ3v) is 4.99. The predicted octanol–water partition coefficient (Wildman–Crippen LogP) is 5.18. The Bertz CT molecular complexity index is 281. The number of unbranched alkanes of at least 4 members (excludes halogenated alkanes) is 7. The van der Waals surface area contributed by atoms with Gasteiger partial charge in [0.1, 0.15) is 8.64 Å². The van der Waals surface area contributed by atoms with Crippen LogP contribution in [0.1, 0.15) is 65.2 Å². The minimum atomic E-state index is 0.726. The number of rotatable bonds is 13. The lowest BCUT2D eigenvalue weighted by molar-refractivity contribution is 0.422. The summed E-state index contributed by atoms with van der Waals surface area (Å²) in [5.41, 5.74) is 0. The van der Waals surface area contributed by atoms with Crippen LogP contribution in [-0.4, -0.2) is 44.6 Å². The monoisotopic (exact) mass is 380 g/mol. The number of hydrogen-bond donors (Lipinski definition) is 2. The molecule has 130 valence electrons. The van der Waals surface area contributed by atoms with Crippen molar-refractivity contribution in [1.29, 1.82) is 0 Å². The largest absolute Gasteiger partial charge is 0.358 e. The summed E-state index contributed by atoms with van der Waals surface area (Å²) >= 11 is 18.7. The number of thiol groups is 2. The highest BCUT2D eigenvalue weighted by Gasteiger charge is 2.03. The van der Waals surface area contributed by atoms with Crippen molar-refractivity contribution in [2.45, 2.75) is 65.2 Å². The number of thiocarbonyl (C=S) groups is 2. The van der Waals surface area contributed by atoms with Gasteiger partial charge >= 0.3 is 0 Å². The van der Waals surface area contributed by atoms with Crippen molar-refractivity contribution in [3.05, 3.63) is 0 Å². The van der Waals surface area contributed by atoms with Crippen LogP contribution in [0.15, 0.2) is 0 Å². The minimum Gasteiger partial charge on any atom is -0.358 e. The van der Waals surface area contributed by atoms with Crippen molar-refractivity contribution in [1.82, 2.24) is 9.80 Å². The Morgan fingerprint density at radius 3 is 1.14 bits per heavy atom. The van der Waals surface area contributed by atoms with E-state index in [1.807, 2.05) is 0 Å². The number of hydrogen-bond acceptors (Lipinski definition) is 2. The van der Waals surface area contributed by atoms with Gasteiger partial charge in [-0.2, -0.15) is 0 Å². The van der Waals surface area contributed by atoms with Gasteiger partial charge in [0.15, 0.2) is 0 Å². The van der Waals surface area contributed by atoms with Gasteiger partial charge in [-0.1, -0.05) is 63.0 Å². The molecule has 0 bridgehead atoms. The third-order valence-electron chi connectivity index (χ3n) is 3.91. The van der Waals surface area contributed by atoms with E-state index in [2.05, 4.69) is 48.9 Å². The van der Waals surface area contributed by atoms with Crippen molar-refractivity contribution in [2.24, 2.45) is 0 Å². The first-order valence-corrected chi connectivity index (χ1v) is 10.2. The quantitative estimate of drug-likeness (QED) is 0.258.